The molecular formula is C9H10Cl3NO3S. The molecule has 0 saturated heterocycles. The molecule has 0 amide bonds. The molecule has 0 radical (unpaired) electrons. The summed E-state index contributed by atoms with van der Waals surface area (Å²) in [7, 11) is -3.87. The maximum atomic E-state index is 11.9. The third-order valence-electron chi connectivity index (χ3n) is 1.80. The van der Waals surface area contributed by atoms with Crippen molar-refractivity contribution in [2.75, 3.05) is 6.54 Å². The number of rotatable bonds is 4. The van der Waals surface area contributed by atoms with Crippen LogP contribution in [0.4, 0.5) is 0 Å². The van der Waals surface area contributed by atoms with E-state index in [-0.39, 0.29) is 26.5 Å². The van der Waals surface area contributed by atoms with Gasteiger partial charge in [0.05, 0.1) is 16.1 Å². The summed E-state index contributed by atoms with van der Waals surface area (Å²) in [6.07, 6.45) is -0.811. The van der Waals surface area contributed by atoms with E-state index in [0.29, 0.717) is 0 Å². The fraction of sp³-hybridized carbons (Fsp3) is 0.333. The molecule has 0 spiro atoms. The molecule has 0 unspecified atom stereocenters. The lowest BCUT2D eigenvalue weighted by molar-refractivity contribution is 0.198. The molecule has 0 aliphatic carbocycles. The van der Waals surface area contributed by atoms with Gasteiger partial charge in [-0.2, -0.15) is 0 Å². The third-order valence-corrected chi connectivity index (χ3v) is 4.36. The normalized spacial score (nSPS) is 13.7. The molecule has 0 saturated carbocycles. The molecule has 4 nitrogen and oxygen atoms in total. The molecule has 17 heavy (non-hydrogen) atoms. The summed E-state index contributed by atoms with van der Waals surface area (Å²) in [5.41, 5.74) is 0. The summed E-state index contributed by atoms with van der Waals surface area (Å²) in [6.45, 7) is 1.32. The molecule has 0 heterocycles. The zero-order chi connectivity index (χ0) is 13.2. The van der Waals surface area contributed by atoms with Crippen molar-refractivity contribution < 1.29 is 13.5 Å². The van der Waals surface area contributed by atoms with Crippen molar-refractivity contribution in [1.82, 2.24) is 4.72 Å². The molecule has 0 bridgehead atoms. The van der Waals surface area contributed by atoms with Gasteiger partial charge in [0.15, 0.2) is 0 Å². The van der Waals surface area contributed by atoms with Gasteiger partial charge in [-0.15, -0.1) is 0 Å². The van der Waals surface area contributed by atoms with Crippen LogP contribution < -0.4 is 4.72 Å². The van der Waals surface area contributed by atoms with Gasteiger partial charge in [-0.3, -0.25) is 0 Å². The maximum Gasteiger partial charge on any atom is 0.243 e. The lowest BCUT2D eigenvalue weighted by Gasteiger charge is -2.11. The highest BCUT2D eigenvalue weighted by Gasteiger charge is 2.22. The average molecular weight is 319 g/mol. The minimum absolute atomic E-state index is 0.0689. The Balaban J connectivity index is 3.16. The molecule has 1 aromatic carbocycles. The molecule has 8 heteroatoms. The minimum Gasteiger partial charge on any atom is -0.392 e. The quantitative estimate of drug-likeness (QED) is 0.895. The van der Waals surface area contributed by atoms with Gasteiger partial charge in [0, 0.05) is 11.6 Å². The molecule has 1 atom stereocenters. The van der Waals surface area contributed by atoms with Crippen molar-refractivity contribution in [3.8, 4) is 0 Å². The molecule has 0 aliphatic heterocycles. The second-order valence-electron chi connectivity index (χ2n) is 3.40. The van der Waals surface area contributed by atoms with Crippen molar-refractivity contribution in [3.63, 3.8) is 0 Å². The van der Waals surface area contributed by atoms with Gasteiger partial charge in [0.2, 0.25) is 10.0 Å². The van der Waals surface area contributed by atoms with E-state index in [2.05, 4.69) is 4.72 Å². The number of aliphatic hydroxyl groups is 1. The van der Waals surface area contributed by atoms with E-state index in [0.717, 1.165) is 0 Å². The van der Waals surface area contributed by atoms with E-state index >= 15 is 0 Å². The first-order chi connectivity index (χ1) is 7.74. The molecule has 1 aromatic rings. The number of sulfonamides is 1. The second-order valence-corrected chi connectivity index (χ2v) is 6.35. The smallest absolute Gasteiger partial charge is 0.243 e. The average Bonchev–Trinajstić information content (AvgIpc) is 2.12. The SMILES string of the molecule is C[C@@H](O)CNS(=O)(=O)c1c(Cl)cc(Cl)cc1Cl. The van der Waals surface area contributed by atoms with E-state index in [1.807, 2.05) is 0 Å². The lowest BCUT2D eigenvalue weighted by Crippen LogP contribution is -2.31. The summed E-state index contributed by atoms with van der Waals surface area (Å²) < 4.78 is 25.9. The number of hydrogen-bond acceptors (Lipinski definition) is 3. The van der Waals surface area contributed by atoms with Crippen LogP contribution in [-0.2, 0) is 10.0 Å². The maximum absolute atomic E-state index is 11.9. The van der Waals surface area contributed by atoms with Crippen molar-refractivity contribution in [2.24, 2.45) is 0 Å². The highest BCUT2D eigenvalue weighted by Crippen LogP contribution is 2.32. The van der Waals surface area contributed by atoms with Crippen molar-refractivity contribution >= 4 is 44.8 Å². The zero-order valence-corrected chi connectivity index (χ0v) is 11.8. The van der Waals surface area contributed by atoms with Gasteiger partial charge in [-0.05, 0) is 19.1 Å². The first-order valence-electron chi connectivity index (χ1n) is 4.56. The topological polar surface area (TPSA) is 66.4 Å². The van der Waals surface area contributed by atoms with Crippen LogP contribution in [0.2, 0.25) is 15.1 Å². The first kappa shape index (κ1) is 15.0. The summed E-state index contributed by atoms with van der Waals surface area (Å²) in [5.74, 6) is 0. The Bertz CT molecular complexity index is 493. The van der Waals surface area contributed by atoms with Gasteiger partial charge in [0.1, 0.15) is 4.90 Å². The van der Waals surface area contributed by atoms with Crippen molar-refractivity contribution in [3.05, 3.63) is 27.2 Å². The highest BCUT2D eigenvalue weighted by molar-refractivity contribution is 7.89. The molecule has 2 N–H and O–H groups in total. The fourth-order valence-electron chi connectivity index (χ4n) is 1.09. The van der Waals surface area contributed by atoms with Gasteiger partial charge < -0.3 is 5.11 Å². The van der Waals surface area contributed by atoms with Gasteiger partial charge in [0.25, 0.3) is 0 Å². The second kappa shape index (κ2) is 5.73. The van der Waals surface area contributed by atoms with Crippen molar-refractivity contribution in [2.45, 2.75) is 17.9 Å². The Morgan fingerprint density at radius 3 is 2.18 bits per heavy atom. The first-order valence-corrected chi connectivity index (χ1v) is 7.18. The lowest BCUT2D eigenvalue weighted by atomic mass is 10.4. The monoisotopic (exact) mass is 317 g/mol. The Kier molecular flexibility index (Phi) is 5.07. The van der Waals surface area contributed by atoms with E-state index in [1.54, 1.807) is 0 Å². The van der Waals surface area contributed by atoms with Gasteiger partial charge in [-0.1, -0.05) is 34.8 Å². The Morgan fingerprint density at radius 1 is 1.29 bits per heavy atom. The predicted molar refractivity (Wildman–Crippen MR) is 68.3 cm³/mol. The standard InChI is InChI=1S/C9H10Cl3NO3S/c1-5(14)4-13-17(15,16)9-7(11)2-6(10)3-8(9)12/h2-3,5,13-14H,4H2,1H3/t5-/m1/s1. The number of benzene rings is 1. The fourth-order valence-corrected chi connectivity index (χ4v) is 3.75. The van der Waals surface area contributed by atoms with Crippen LogP contribution in [0.1, 0.15) is 6.92 Å². The number of halogens is 3. The van der Waals surface area contributed by atoms with Crippen molar-refractivity contribution in [1.29, 1.82) is 0 Å². The van der Waals surface area contributed by atoms with Crippen LogP contribution >= 0.6 is 34.8 Å². The summed E-state index contributed by atoms with van der Waals surface area (Å²) in [6, 6.07) is 2.57. The number of hydrogen-bond donors (Lipinski definition) is 2. The van der Waals surface area contributed by atoms with Gasteiger partial charge in [-0.25, -0.2) is 13.1 Å². The molecule has 0 aromatic heterocycles. The minimum atomic E-state index is -3.87. The molecule has 0 fully saturated rings. The van der Waals surface area contributed by atoms with E-state index in [4.69, 9.17) is 39.9 Å². The van der Waals surface area contributed by atoms with Crippen LogP contribution in [0, 0.1) is 0 Å². The zero-order valence-electron chi connectivity index (χ0n) is 8.75. The van der Waals surface area contributed by atoms with Gasteiger partial charge >= 0.3 is 0 Å². The van der Waals surface area contributed by atoms with Crippen LogP contribution in [0.5, 0.6) is 0 Å². The highest BCUT2D eigenvalue weighted by atomic mass is 35.5. The Hall–Kier alpha value is -0.0400. The van der Waals surface area contributed by atoms with E-state index < -0.39 is 16.1 Å². The predicted octanol–water partition coefficient (Wildman–Crippen LogP) is 2.31. The molecule has 1 rings (SSSR count). The van der Waals surface area contributed by atoms with E-state index in [9.17, 15) is 8.42 Å². The third kappa shape index (κ3) is 3.98. The van der Waals surface area contributed by atoms with Crippen LogP contribution in [0.15, 0.2) is 17.0 Å². The molecule has 0 aliphatic rings. The van der Waals surface area contributed by atoms with Crippen LogP contribution in [0.3, 0.4) is 0 Å². The molecular weight excluding hydrogens is 309 g/mol. The van der Waals surface area contributed by atoms with E-state index in [1.165, 1.54) is 19.1 Å². The Morgan fingerprint density at radius 2 is 1.76 bits per heavy atom. The summed E-state index contributed by atoms with van der Waals surface area (Å²) >= 11 is 17.2. The number of nitrogens with one attached hydrogen (secondary N) is 1. The Labute approximate surface area is 115 Å². The summed E-state index contributed by atoms with van der Waals surface area (Å²) in [4.78, 5) is -0.245. The molecule has 96 valence electrons. The van der Waals surface area contributed by atoms with Crippen LogP contribution in [0.25, 0.3) is 0 Å². The summed E-state index contributed by atoms with van der Waals surface area (Å²) in [5, 5.41) is 9.14. The number of aliphatic hydroxyl groups excluding tert-OH is 1. The largest absolute Gasteiger partial charge is 0.392 e. The van der Waals surface area contributed by atoms with Crippen LogP contribution in [-0.4, -0.2) is 26.2 Å².